The summed E-state index contributed by atoms with van der Waals surface area (Å²) in [6.07, 6.45) is 0. The first-order chi connectivity index (χ1) is 9.11. The van der Waals surface area contributed by atoms with Crippen molar-refractivity contribution in [1.29, 1.82) is 0 Å². The normalized spacial score (nSPS) is 10.3. The number of phenols is 1. The van der Waals surface area contributed by atoms with Crippen molar-refractivity contribution in [3.05, 3.63) is 52.0 Å². The number of anilines is 1. The third-order valence-corrected chi connectivity index (χ3v) is 3.81. The molecule has 3 nitrogen and oxygen atoms in total. The van der Waals surface area contributed by atoms with E-state index in [-0.39, 0.29) is 5.75 Å². The van der Waals surface area contributed by atoms with Gasteiger partial charge in [0.25, 0.3) is 0 Å². The van der Waals surface area contributed by atoms with E-state index in [1.807, 2.05) is 37.3 Å². The fraction of sp³-hybridized carbons (Fsp3) is 0.200. The topological polar surface area (TPSA) is 41.5 Å². The Morgan fingerprint density at radius 1 is 1.26 bits per heavy atom. The lowest BCUT2D eigenvalue weighted by Crippen LogP contribution is -2.00. The molecule has 2 aromatic carbocycles. The van der Waals surface area contributed by atoms with Crippen LogP contribution >= 0.6 is 15.9 Å². The molecule has 0 saturated carbocycles. The highest BCUT2D eigenvalue weighted by atomic mass is 79.9. The van der Waals surface area contributed by atoms with Crippen molar-refractivity contribution in [2.75, 3.05) is 12.4 Å². The first-order valence-corrected chi connectivity index (χ1v) is 6.76. The molecule has 0 saturated heterocycles. The number of phenolic OH excluding ortho intramolecular Hbond substituents is 1. The number of halogens is 1. The van der Waals surface area contributed by atoms with Crippen LogP contribution < -0.4 is 10.1 Å². The quantitative estimate of drug-likeness (QED) is 0.891. The molecule has 0 radical (unpaired) electrons. The molecular weight excluding hydrogens is 306 g/mol. The summed E-state index contributed by atoms with van der Waals surface area (Å²) in [5.74, 6) is 0.674. The minimum Gasteiger partial charge on any atom is -0.504 e. The van der Waals surface area contributed by atoms with Gasteiger partial charge in [0, 0.05) is 22.3 Å². The average Bonchev–Trinajstić information content (AvgIpc) is 2.41. The Kier molecular flexibility index (Phi) is 4.32. The Morgan fingerprint density at radius 2 is 2.05 bits per heavy atom. The number of para-hydroxylation sites is 1. The summed E-state index contributed by atoms with van der Waals surface area (Å²) >= 11 is 3.50. The molecule has 0 spiro atoms. The Labute approximate surface area is 121 Å². The van der Waals surface area contributed by atoms with E-state index >= 15 is 0 Å². The van der Waals surface area contributed by atoms with Gasteiger partial charge in [-0.15, -0.1) is 0 Å². The van der Waals surface area contributed by atoms with Crippen molar-refractivity contribution in [1.82, 2.24) is 0 Å². The predicted molar refractivity (Wildman–Crippen MR) is 80.9 cm³/mol. The van der Waals surface area contributed by atoms with Crippen LogP contribution in [0.5, 0.6) is 11.5 Å². The van der Waals surface area contributed by atoms with Crippen molar-refractivity contribution in [2.24, 2.45) is 0 Å². The van der Waals surface area contributed by atoms with Crippen LogP contribution in [0.15, 0.2) is 40.9 Å². The first-order valence-electron chi connectivity index (χ1n) is 5.96. The molecule has 4 heteroatoms. The van der Waals surface area contributed by atoms with Crippen LogP contribution in [0.3, 0.4) is 0 Å². The Bertz CT molecular complexity index is 584. The van der Waals surface area contributed by atoms with E-state index < -0.39 is 0 Å². The molecule has 0 aliphatic rings. The zero-order chi connectivity index (χ0) is 13.8. The van der Waals surface area contributed by atoms with Crippen LogP contribution in [-0.4, -0.2) is 12.2 Å². The molecule has 2 rings (SSSR count). The van der Waals surface area contributed by atoms with Crippen LogP contribution in [0.2, 0.25) is 0 Å². The van der Waals surface area contributed by atoms with Crippen molar-refractivity contribution in [3.8, 4) is 11.5 Å². The molecule has 19 heavy (non-hydrogen) atoms. The molecule has 0 aliphatic carbocycles. The maximum atomic E-state index is 9.99. The lowest BCUT2D eigenvalue weighted by atomic mass is 10.1. The van der Waals surface area contributed by atoms with Crippen molar-refractivity contribution in [3.63, 3.8) is 0 Å². The highest BCUT2D eigenvalue weighted by Crippen LogP contribution is 2.30. The largest absolute Gasteiger partial charge is 0.504 e. The molecular formula is C15H16BrNO2. The number of benzene rings is 2. The average molecular weight is 322 g/mol. The van der Waals surface area contributed by atoms with Gasteiger partial charge in [-0.2, -0.15) is 0 Å². The molecule has 2 N–H and O–H groups in total. The Balaban J connectivity index is 2.12. The number of rotatable bonds is 4. The fourth-order valence-corrected chi connectivity index (χ4v) is 2.15. The van der Waals surface area contributed by atoms with Crippen molar-refractivity contribution >= 4 is 21.6 Å². The van der Waals surface area contributed by atoms with Crippen LogP contribution in [0.4, 0.5) is 5.69 Å². The molecule has 0 bridgehead atoms. The second kappa shape index (κ2) is 5.97. The van der Waals surface area contributed by atoms with E-state index in [1.165, 1.54) is 5.56 Å². The molecule has 0 fully saturated rings. The van der Waals surface area contributed by atoms with Crippen LogP contribution in [0.25, 0.3) is 0 Å². The summed E-state index contributed by atoms with van der Waals surface area (Å²) in [4.78, 5) is 0. The van der Waals surface area contributed by atoms with E-state index in [4.69, 9.17) is 4.74 Å². The maximum Gasteiger partial charge on any atom is 0.162 e. The summed E-state index contributed by atoms with van der Waals surface area (Å²) in [6.45, 7) is 2.58. The van der Waals surface area contributed by atoms with Gasteiger partial charge in [-0.1, -0.05) is 34.1 Å². The maximum absolute atomic E-state index is 9.99. The van der Waals surface area contributed by atoms with Crippen molar-refractivity contribution in [2.45, 2.75) is 13.5 Å². The SMILES string of the molecule is COc1cccc(CNc2ccc(C)c(Br)c2)c1O. The third-order valence-electron chi connectivity index (χ3n) is 2.96. The number of aryl methyl sites for hydroxylation is 1. The van der Waals surface area contributed by atoms with Gasteiger partial charge in [0.15, 0.2) is 11.5 Å². The van der Waals surface area contributed by atoms with Crippen LogP contribution in [0, 0.1) is 6.92 Å². The zero-order valence-electron chi connectivity index (χ0n) is 10.9. The second-order valence-corrected chi connectivity index (χ2v) is 5.14. The second-order valence-electron chi connectivity index (χ2n) is 4.29. The Morgan fingerprint density at radius 3 is 2.74 bits per heavy atom. The van der Waals surface area contributed by atoms with E-state index in [9.17, 15) is 5.11 Å². The number of ether oxygens (including phenoxy) is 1. The van der Waals surface area contributed by atoms with Gasteiger partial charge in [-0.05, 0) is 30.7 Å². The monoisotopic (exact) mass is 321 g/mol. The Hall–Kier alpha value is -1.68. The van der Waals surface area contributed by atoms with Gasteiger partial charge in [0.2, 0.25) is 0 Å². The van der Waals surface area contributed by atoms with Crippen LogP contribution in [-0.2, 0) is 6.54 Å². The van der Waals surface area contributed by atoms with Gasteiger partial charge < -0.3 is 15.2 Å². The molecule has 100 valence electrons. The molecule has 0 unspecified atom stereocenters. The third kappa shape index (κ3) is 3.20. The molecule has 0 heterocycles. The number of nitrogens with one attached hydrogen (secondary N) is 1. The summed E-state index contributed by atoms with van der Waals surface area (Å²) in [5.41, 5.74) is 2.99. The summed E-state index contributed by atoms with van der Waals surface area (Å²) in [5, 5.41) is 13.3. The van der Waals surface area contributed by atoms with Crippen molar-refractivity contribution < 1.29 is 9.84 Å². The highest BCUT2D eigenvalue weighted by Gasteiger charge is 2.07. The summed E-state index contributed by atoms with van der Waals surface area (Å²) in [7, 11) is 1.54. The number of methoxy groups -OCH3 is 1. The smallest absolute Gasteiger partial charge is 0.162 e. The summed E-state index contributed by atoms with van der Waals surface area (Å²) < 4.78 is 6.15. The number of hydrogen-bond donors (Lipinski definition) is 2. The van der Waals surface area contributed by atoms with Crippen LogP contribution in [0.1, 0.15) is 11.1 Å². The fourth-order valence-electron chi connectivity index (χ4n) is 1.78. The van der Waals surface area contributed by atoms with Gasteiger partial charge in [-0.3, -0.25) is 0 Å². The summed E-state index contributed by atoms with van der Waals surface area (Å²) in [6, 6.07) is 11.5. The molecule has 0 amide bonds. The standard InChI is InChI=1S/C15H16BrNO2/c1-10-6-7-12(8-13(10)16)17-9-11-4-3-5-14(19-2)15(11)18/h3-8,17-18H,9H2,1-2H3. The zero-order valence-corrected chi connectivity index (χ0v) is 12.5. The lowest BCUT2D eigenvalue weighted by molar-refractivity contribution is 0.371. The lowest BCUT2D eigenvalue weighted by Gasteiger charge is -2.11. The van der Waals surface area contributed by atoms with E-state index in [0.717, 1.165) is 15.7 Å². The minimum atomic E-state index is 0.184. The molecule has 2 aromatic rings. The number of hydrogen-bond acceptors (Lipinski definition) is 3. The van der Waals surface area contributed by atoms with Gasteiger partial charge >= 0.3 is 0 Å². The molecule has 0 atom stereocenters. The molecule has 0 aromatic heterocycles. The van der Waals surface area contributed by atoms with E-state index in [1.54, 1.807) is 13.2 Å². The highest BCUT2D eigenvalue weighted by molar-refractivity contribution is 9.10. The van der Waals surface area contributed by atoms with E-state index in [0.29, 0.717) is 12.3 Å². The predicted octanol–water partition coefficient (Wildman–Crippen LogP) is 4.08. The minimum absolute atomic E-state index is 0.184. The first kappa shape index (κ1) is 13.7. The molecule has 0 aliphatic heterocycles. The van der Waals surface area contributed by atoms with Gasteiger partial charge in [0.1, 0.15) is 0 Å². The van der Waals surface area contributed by atoms with E-state index in [2.05, 4.69) is 21.2 Å². The number of aromatic hydroxyl groups is 1. The van der Waals surface area contributed by atoms with Gasteiger partial charge in [-0.25, -0.2) is 0 Å². The van der Waals surface area contributed by atoms with Gasteiger partial charge in [0.05, 0.1) is 7.11 Å².